The van der Waals surface area contributed by atoms with Crippen molar-refractivity contribution in [3.05, 3.63) is 0 Å². The maximum absolute atomic E-state index is 5.66. The predicted molar refractivity (Wildman–Crippen MR) is 87.2 cm³/mol. The molecule has 0 aromatic carbocycles. The SMILES string of the molecule is CCCN1CCC(C(C)NCCOCCC(C)C)CC1. The van der Waals surface area contributed by atoms with E-state index in [9.17, 15) is 0 Å². The van der Waals surface area contributed by atoms with Crippen molar-refractivity contribution >= 4 is 0 Å². The number of hydrogen-bond donors (Lipinski definition) is 1. The van der Waals surface area contributed by atoms with Gasteiger partial charge in [-0.25, -0.2) is 0 Å². The van der Waals surface area contributed by atoms with Crippen molar-refractivity contribution in [1.29, 1.82) is 0 Å². The van der Waals surface area contributed by atoms with Gasteiger partial charge in [0.25, 0.3) is 0 Å². The minimum absolute atomic E-state index is 0.632. The Labute approximate surface area is 126 Å². The zero-order valence-electron chi connectivity index (χ0n) is 14.2. The zero-order chi connectivity index (χ0) is 14.8. The van der Waals surface area contributed by atoms with Gasteiger partial charge in [-0.05, 0) is 64.1 Å². The molecule has 3 heteroatoms. The molecule has 20 heavy (non-hydrogen) atoms. The third-order valence-electron chi connectivity index (χ3n) is 4.43. The fraction of sp³-hybridized carbons (Fsp3) is 1.00. The van der Waals surface area contributed by atoms with Crippen LogP contribution in [-0.2, 0) is 4.74 Å². The standard InChI is InChI=1S/C17H36N2O/c1-5-10-19-11-6-17(7-12-19)16(4)18-9-14-20-13-8-15(2)3/h15-18H,5-14H2,1-4H3. The number of rotatable bonds is 10. The summed E-state index contributed by atoms with van der Waals surface area (Å²) in [6, 6.07) is 0.632. The molecule has 1 aliphatic heterocycles. The van der Waals surface area contributed by atoms with Crippen molar-refractivity contribution in [2.45, 2.75) is 59.4 Å². The summed E-state index contributed by atoms with van der Waals surface area (Å²) in [6.45, 7) is 15.7. The van der Waals surface area contributed by atoms with E-state index in [1.807, 2.05) is 0 Å². The van der Waals surface area contributed by atoms with Crippen LogP contribution in [0.3, 0.4) is 0 Å². The van der Waals surface area contributed by atoms with Gasteiger partial charge in [-0.15, -0.1) is 0 Å². The second kappa shape index (κ2) is 10.6. The molecular formula is C17H36N2O. The van der Waals surface area contributed by atoms with Gasteiger partial charge in [-0.1, -0.05) is 20.8 Å². The topological polar surface area (TPSA) is 24.5 Å². The van der Waals surface area contributed by atoms with E-state index < -0.39 is 0 Å². The highest BCUT2D eigenvalue weighted by Gasteiger charge is 2.22. The second-order valence-corrected chi connectivity index (χ2v) is 6.72. The molecule has 1 saturated heterocycles. The lowest BCUT2D eigenvalue weighted by Gasteiger charge is -2.35. The van der Waals surface area contributed by atoms with E-state index in [2.05, 4.69) is 37.9 Å². The Morgan fingerprint density at radius 1 is 1.15 bits per heavy atom. The number of hydrogen-bond acceptors (Lipinski definition) is 3. The fourth-order valence-corrected chi connectivity index (χ4v) is 2.94. The molecule has 1 fully saturated rings. The monoisotopic (exact) mass is 284 g/mol. The van der Waals surface area contributed by atoms with Crippen LogP contribution in [0, 0.1) is 11.8 Å². The van der Waals surface area contributed by atoms with E-state index in [1.165, 1.54) is 45.3 Å². The molecule has 0 radical (unpaired) electrons. The van der Waals surface area contributed by atoms with Gasteiger partial charge in [0.1, 0.15) is 0 Å². The smallest absolute Gasteiger partial charge is 0.0591 e. The predicted octanol–water partition coefficient (Wildman–Crippen LogP) is 3.15. The first kappa shape index (κ1) is 17.9. The molecule has 0 aromatic rings. The zero-order valence-corrected chi connectivity index (χ0v) is 14.2. The van der Waals surface area contributed by atoms with Crippen molar-refractivity contribution in [2.75, 3.05) is 39.4 Å². The molecule has 1 unspecified atom stereocenters. The molecule has 1 rings (SSSR count). The van der Waals surface area contributed by atoms with Crippen LogP contribution < -0.4 is 5.32 Å². The fourth-order valence-electron chi connectivity index (χ4n) is 2.94. The summed E-state index contributed by atoms with van der Waals surface area (Å²) in [5, 5.41) is 3.64. The van der Waals surface area contributed by atoms with Gasteiger partial charge in [0.2, 0.25) is 0 Å². The molecule has 0 bridgehead atoms. The number of likely N-dealkylation sites (tertiary alicyclic amines) is 1. The summed E-state index contributed by atoms with van der Waals surface area (Å²) < 4.78 is 5.66. The molecule has 0 amide bonds. The highest BCUT2D eigenvalue weighted by molar-refractivity contribution is 4.79. The normalized spacial score (nSPS) is 19.6. The number of nitrogens with one attached hydrogen (secondary N) is 1. The molecule has 3 nitrogen and oxygen atoms in total. The van der Waals surface area contributed by atoms with Crippen LogP contribution in [0.1, 0.15) is 53.4 Å². The Kier molecular flexibility index (Phi) is 9.49. The summed E-state index contributed by atoms with van der Waals surface area (Å²) >= 11 is 0. The largest absolute Gasteiger partial charge is 0.380 e. The van der Waals surface area contributed by atoms with Gasteiger partial charge < -0.3 is 15.0 Å². The Morgan fingerprint density at radius 3 is 2.45 bits per heavy atom. The summed E-state index contributed by atoms with van der Waals surface area (Å²) in [4.78, 5) is 2.61. The molecule has 1 atom stereocenters. The second-order valence-electron chi connectivity index (χ2n) is 6.72. The van der Waals surface area contributed by atoms with Crippen molar-refractivity contribution < 1.29 is 4.74 Å². The number of piperidine rings is 1. The van der Waals surface area contributed by atoms with E-state index in [-0.39, 0.29) is 0 Å². The lowest BCUT2D eigenvalue weighted by Crippen LogP contribution is -2.43. The molecular weight excluding hydrogens is 248 g/mol. The van der Waals surface area contributed by atoms with Gasteiger partial charge in [-0.3, -0.25) is 0 Å². The average Bonchev–Trinajstić information content (AvgIpc) is 2.43. The Morgan fingerprint density at radius 2 is 1.85 bits per heavy atom. The summed E-state index contributed by atoms with van der Waals surface area (Å²) in [7, 11) is 0. The number of nitrogens with zero attached hydrogens (tertiary/aromatic N) is 1. The van der Waals surface area contributed by atoms with Gasteiger partial charge in [0.05, 0.1) is 6.61 Å². The van der Waals surface area contributed by atoms with E-state index in [4.69, 9.17) is 4.74 Å². The van der Waals surface area contributed by atoms with Gasteiger partial charge in [-0.2, -0.15) is 0 Å². The first-order valence-electron chi connectivity index (χ1n) is 8.67. The highest BCUT2D eigenvalue weighted by atomic mass is 16.5. The maximum atomic E-state index is 5.66. The van der Waals surface area contributed by atoms with Crippen molar-refractivity contribution in [3.63, 3.8) is 0 Å². The van der Waals surface area contributed by atoms with E-state index >= 15 is 0 Å². The van der Waals surface area contributed by atoms with Crippen LogP contribution in [0.15, 0.2) is 0 Å². The van der Waals surface area contributed by atoms with Crippen molar-refractivity contribution in [2.24, 2.45) is 11.8 Å². The minimum atomic E-state index is 0.632. The number of ether oxygens (including phenoxy) is 1. The van der Waals surface area contributed by atoms with E-state index in [0.29, 0.717) is 6.04 Å². The van der Waals surface area contributed by atoms with Crippen LogP contribution in [0.4, 0.5) is 0 Å². The summed E-state index contributed by atoms with van der Waals surface area (Å²) in [6.07, 6.45) is 5.16. The van der Waals surface area contributed by atoms with Gasteiger partial charge in [0, 0.05) is 19.2 Å². The third kappa shape index (κ3) is 7.61. The summed E-state index contributed by atoms with van der Waals surface area (Å²) in [5.41, 5.74) is 0. The Hall–Kier alpha value is -0.120. The minimum Gasteiger partial charge on any atom is -0.380 e. The molecule has 120 valence electrons. The highest BCUT2D eigenvalue weighted by Crippen LogP contribution is 2.20. The molecule has 0 aliphatic carbocycles. The lowest BCUT2D eigenvalue weighted by atomic mass is 9.90. The lowest BCUT2D eigenvalue weighted by molar-refractivity contribution is 0.116. The van der Waals surface area contributed by atoms with Crippen LogP contribution in [0.5, 0.6) is 0 Å². The first-order chi connectivity index (χ1) is 9.63. The van der Waals surface area contributed by atoms with Crippen LogP contribution in [-0.4, -0.2) is 50.3 Å². The van der Waals surface area contributed by atoms with Crippen LogP contribution in [0.2, 0.25) is 0 Å². The molecule has 0 saturated carbocycles. The Bertz CT molecular complexity index is 225. The first-order valence-corrected chi connectivity index (χ1v) is 8.67. The van der Waals surface area contributed by atoms with Crippen molar-refractivity contribution in [3.8, 4) is 0 Å². The van der Waals surface area contributed by atoms with Gasteiger partial charge >= 0.3 is 0 Å². The third-order valence-corrected chi connectivity index (χ3v) is 4.43. The van der Waals surface area contributed by atoms with E-state index in [0.717, 1.165) is 31.6 Å². The molecule has 1 N–H and O–H groups in total. The molecule has 1 aliphatic rings. The molecule has 0 aromatic heterocycles. The molecule has 1 heterocycles. The summed E-state index contributed by atoms with van der Waals surface area (Å²) in [5.74, 6) is 1.59. The average molecular weight is 284 g/mol. The maximum Gasteiger partial charge on any atom is 0.0591 e. The van der Waals surface area contributed by atoms with Crippen LogP contribution >= 0.6 is 0 Å². The quantitative estimate of drug-likeness (QED) is 0.624. The molecule has 0 spiro atoms. The van der Waals surface area contributed by atoms with Crippen molar-refractivity contribution in [1.82, 2.24) is 10.2 Å². The van der Waals surface area contributed by atoms with E-state index in [1.54, 1.807) is 0 Å². The Balaban J connectivity index is 2.01. The van der Waals surface area contributed by atoms with Gasteiger partial charge in [0.15, 0.2) is 0 Å². The van der Waals surface area contributed by atoms with Crippen LogP contribution in [0.25, 0.3) is 0 Å².